The molecule has 0 unspecified atom stereocenters. The summed E-state index contributed by atoms with van der Waals surface area (Å²) in [5.41, 5.74) is 0. The molecule has 1 N–H and O–H groups in total. The normalized spacial score (nSPS) is 7.20. The molecule has 3 heteroatoms. The van der Waals surface area contributed by atoms with Crippen molar-refractivity contribution in [3.8, 4) is 0 Å². The quantitative estimate of drug-likeness (QED) is 0.456. The molecular formula is C2H6NPS. The van der Waals surface area contributed by atoms with Crippen LogP contribution in [0.4, 0.5) is 0 Å². The van der Waals surface area contributed by atoms with Crippen LogP contribution in [-0.4, -0.2) is 5.75 Å². The van der Waals surface area contributed by atoms with E-state index in [0.29, 0.717) is 0 Å². The van der Waals surface area contributed by atoms with Crippen LogP contribution >= 0.6 is 7.81 Å². The molecule has 0 aliphatic rings. The van der Waals surface area contributed by atoms with Gasteiger partial charge >= 0.3 is 34.9 Å². The zero-order valence-corrected chi connectivity index (χ0v) is 4.77. The third-order valence-corrected chi connectivity index (χ3v) is 1.59. The van der Waals surface area contributed by atoms with Crippen LogP contribution in [0.3, 0.4) is 0 Å². The van der Waals surface area contributed by atoms with Gasteiger partial charge in [-0.25, -0.2) is 0 Å². The van der Waals surface area contributed by atoms with Gasteiger partial charge in [-0.15, -0.1) is 0 Å². The maximum absolute atomic E-state index is 6.72. The Balaban J connectivity index is 3.39. The molecule has 0 rings (SSSR count). The van der Waals surface area contributed by atoms with Gasteiger partial charge in [0.2, 0.25) is 0 Å². The molecular weight excluding hydrogens is 101 g/mol. The first-order valence-corrected chi connectivity index (χ1v) is 3.83. The topological polar surface area (TPSA) is 23.9 Å². The van der Waals surface area contributed by atoms with E-state index in [2.05, 4.69) is 7.81 Å². The molecule has 0 fully saturated rings. The molecule has 5 heavy (non-hydrogen) atoms. The van der Waals surface area contributed by atoms with E-state index in [1.807, 2.05) is 6.92 Å². The van der Waals surface area contributed by atoms with Crippen LogP contribution < -0.4 is 0 Å². The Bertz CT molecular complexity index is 111. The minimum atomic E-state index is -0.378. The predicted octanol–water partition coefficient (Wildman–Crippen LogP) is 1.71. The second-order valence-electron chi connectivity index (χ2n) is 0.653. The van der Waals surface area contributed by atoms with Gasteiger partial charge in [0.05, 0.1) is 0 Å². The van der Waals surface area contributed by atoms with Gasteiger partial charge in [-0.05, 0) is 0 Å². The summed E-state index contributed by atoms with van der Waals surface area (Å²) >= 11 is 0. The molecule has 0 aliphatic carbocycles. The van der Waals surface area contributed by atoms with Crippen LogP contribution in [0.2, 0.25) is 0 Å². The molecule has 0 aromatic heterocycles. The molecule has 0 bridgehead atoms. The van der Waals surface area contributed by atoms with Gasteiger partial charge in [0.25, 0.3) is 0 Å². The second-order valence-corrected chi connectivity index (χ2v) is 3.28. The molecule has 0 saturated carbocycles. The van der Waals surface area contributed by atoms with E-state index in [1.165, 1.54) is 0 Å². The van der Waals surface area contributed by atoms with Gasteiger partial charge in [-0.2, -0.15) is 0 Å². The van der Waals surface area contributed by atoms with E-state index in [-0.39, 0.29) is 9.67 Å². The Labute approximate surface area is 35.7 Å². The Morgan fingerprint density at radius 2 is 2.20 bits per heavy atom. The fourth-order valence-corrected chi connectivity index (χ4v) is 0. The Hall–Kier alpha value is 0.450. The molecule has 30 valence electrons. The summed E-state index contributed by atoms with van der Waals surface area (Å²) in [7, 11) is 3.41. The van der Waals surface area contributed by atoms with Gasteiger partial charge in [-0.3, -0.25) is 0 Å². The van der Waals surface area contributed by atoms with Crippen molar-refractivity contribution in [2.24, 2.45) is 0 Å². The van der Waals surface area contributed by atoms with Crippen LogP contribution in [0.25, 0.3) is 0 Å². The molecule has 0 amide bonds. The van der Waals surface area contributed by atoms with Crippen molar-refractivity contribution in [1.82, 2.24) is 0 Å². The van der Waals surface area contributed by atoms with E-state index in [0.717, 1.165) is 5.75 Å². The average Bonchev–Trinajstić information content (AvgIpc) is 1.38. The summed E-state index contributed by atoms with van der Waals surface area (Å²) in [6.45, 7) is 1.95. The van der Waals surface area contributed by atoms with Crippen molar-refractivity contribution >= 4 is 17.5 Å². The predicted molar refractivity (Wildman–Crippen MR) is 27.5 cm³/mol. The van der Waals surface area contributed by atoms with E-state index in [1.54, 1.807) is 0 Å². The van der Waals surface area contributed by atoms with Crippen LogP contribution in [-0.2, 0) is 9.67 Å². The summed E-state index contributed by atoms with van der Waals surface area (Å²) in [6, 6.07) is 0. The zero-order valence-electron chi connectivity index (χ0n) is 3.06. The van der Waals surface area contributed by atoms with Crippen LogP contribution in [0, 0.1) is 4.78 Å². The van der Waals surface area contributed by atoms with E-state index < -0.39 is 0 Å². The first-order valence-electron chi connectivity index (χ1n) is 1.38. The molecule has 0 heterocycles. The maximum atomic E-state index is 6.72. The summed E-state index contributed by atoms with van der Waals surface area (Å²) in [4.78, 5) is 0. The first-order chi connectivity index (χ1) is 2.27. The van der Waals surface area contributed by atoms with Gasteiger partial charge in [0.15, 0.2) is 0 Å². The summed E-state index contributed by atoms with van der Waals surface area (Å²) < 4.78 is 6.72. The second kappa shape index (κ2) is 2.67. The molecule has 0 saturated heterocycles. The monoisotopic (exact) mass is 107 g/mol. The first kappa shape index (κ1) is 5.45. The number of hydrogen-bond acceptors (Lipinski definition) is 1. The SMILES string of the molecule is CCS(=N)#P. The van der Waals surface area contributed by atoms with Gasteiger partial charge in [-0.1, -0.05) is 0 Å². The van der Waals surface area contributed by atoms with Crippen molar-refractivity contribution in [1.29, 1.82) is 4.78 Å². The van der Waals surface area contributed by atoms with Crippen LogP contribution in [0.1, 0.15) is 6.92 Å². The summed E-state index contributed by atoms with van der Waals surface area (Å²) in [5.74, 6) is 0.864. The Morgan fingerprint density at radius 3 is 2.20 bits per heavy atom. The van der Waals surface area contributed by atoms with Crippen molar-refractivity contribution in [2.45, 2.75) is 6.92 Å². The molecule has 0 atom stereocenters. The zero-order chi connectivity index (χ0) is 4.28. The van der Waals surface area contributed by atoms with Gasteiger partial charge in [0.1, 0.15) is 0 Å². The fraction of sp³-hybridized carbons (Fsp3) is 1.00. The van der Waals surface area contributed by atoms with E-state index in [9.17, 15) is 0 Å². The summed E-state index contributed by atoms with van der Waals surface area (Å²) in [5, 5.41) is 0. The third-order valence-electron chi connectivity index (χ3n) is 0.273. The average molecular weight is 107 g/mol. The Morgan fingerprint density at radius 1 is 2.00 bits per heavy atom. The summed E-state index contributed by atoms with van der Waals surface area (Å²) in [6.07, 6.45) is 0. The molecule has 0 radical (unpaired) electrons. The number of nitrogens with one attached hydrogen (secondary N) is 1. The van der Waals surface area contributed by atoms with Crippen molar-refractivity contribution in [2.75, 3.05) is 5.75 Å². The molecule has 0 aromatic carbocycles. The van der Waals surface area contributed by atoms with E-state index in [4.69, 9.17) is 4.78 Å². The third kappa shape index (κ3) is 4.45. The Kier molecular flexibility index (Phi) is 2.92. The fourth-order valence-electron chi connectivity index (χ4n) is 0. The van der Waals surface area contributed by atoms with Gasteiger partial charge < -0.3 is 0 Å². The molecule has 1 nitrogen and oxygen atoms in total. The van der Waals surface area contributed by atoms with Crippen molar-refractivity contribution in [3.05, 3.63) is 0 Å². The van der Waals surface area contributed by atoms with E-state index >= 15 is 0 Å². The standard InChI is InChI=1S/C2H6NPS/c1-2-5(3)4/h3H,2H2,1H3. The molecule has 0 aromatic rings. The molecule has 0 aliphatic heterocycles. The van der Waals surface area contributed by atoms with Crippen molar-refractivity contribution < 1.29 is 0 Å². The van der Waals surface area contributed by atoms with Crippen LogP contribution in [0.5, 0.6) is 0 Å². The number of hydrogen-bond donors (Lipinski definition) is 1. The van der Waals surface area contributed by atoms with Gasteiger partial charge in [0, 0.05) is 0 Å². The number of rotatable bonds is 0. The molecule has 0 spiro atoms. The van der Waals surface area contributed by atoms with Crippen LogP contribution in [0.15, 0.2) is 0 Å². The van der Waals surface area contributed by atoms with Crippen molar-refractivity contribution in [3.63, 3.8) is 0 Å². The minimum absolute atomic E-state index is 0.378.